The van der Waals surface area contributed by atoms with Crippen LogP contribution in [-0.4, -0.2) is 32.5 Å². The predicted octanol–water partition coefficient (Wildman–Crippen LogP) is 2.64. The summed E-state index contributed by atoms with van der Waals surface area (Å²) >= 11 is 6.02. The molecule has 24 heavy (non-hydrogen) atoms. The van der Waals surface area contributed by atoms with Crippen molar-refractivity contribution < 1.29 is 9.53 Å². The Bertz CT molecular complexity index is 834. The number of nitrogens with one attached hydrogen (secondary N) is 1. The quantitative estimate of drug-likeness (QED) is 0.770. The molecule has 122 valence electrons. The van der Waals surface area contributed by atoms with Gasteiger partial charge in [-0.15, -0.1) is 10.2 Å². The number of halogens is 1. The maximum absolute atomic E-state index is 12.0. The van der Waals surface area contributed by atoms with Crippen LogP contribution in [0.25, 0.3) is 5.82 Å². The first-order valence-electron chi connectivity index (χ1n) is 7.15. The molecule has 0 atom stereocenters. The van der Waals surface area contributed by atoms with E-state index in [2.05, 4.69) is 20.6 Å². The van der Waals surface area contributed by atoms with Crippen LogP contribution in [0.1, 0.15) is 5.56 Å². The van der Waals surface area contributed by atoms with Crippen LogP contribution in [0.2, 0.25) is 5.02 Å². The van der Waals surface area contributed by atoms with E-state index in [0.717, 1.165) is 5.56 Å². The van der Waals surface area contributed by atoms with Crippen LogP contribution >= 0.6 is 11.6 Å². The summed E-state index contributed by atoms with van der Waals surface area (Å²) in [6.45, 7) is 1.65. The molecule has 1 aromatic carbocycles. The van der Waals surface area contributed by atoms with Crippen molar-refractivity contribution in [2.45, 2.75) is 6.92 Å². The number of rotatable bonds is 5. The Kier molecular flexibility index (Phi) is 4.72. The molecular formula is C16H14ClN5O2. The van der Waals surface area contributed by atoms with Gasteiger partial charge in [0.05, 0.1) is 0 Å². The van der Waals surface area contributed by atoms with Crippen LogP contribution in [-0.2, 0) is 4.79 Å². The number of benzene rings is 1. The average Bonchev–Trinajstić information content (AvgIpc) is 3.12. The number of ether oxygens (including phenoxy) is 1. The van der Waals surface area contributed by atoms with Crippen molar-refractivity contribution in [3.05, 3.63) is 59.4 Å². The number of carbonyl (C=O) groups is 1. The molecule has 8 heteroatoms. The Balaban J connectivity index is 1.57. The number of hydrogen-bond acceptors (Lipinski definition) is 5. The van der Waals surface area contributed by atoms with Crippen molar-refractivity contribution in [3.63, 3.8) is 0 Å². The molecule has 0 aliphatic carbocycles. The molecule has 2 aromatic heterocycles. The van der Waals surface area contributed by atoms with Crippen LogP contribution in [0.5, 0.6) is 5.88 Å². The normalized spacial score (nSPS) is 10.4. The molecule has 0 aliphatic rings. The number of nitrogens with zero attached hydrogens (tertiary/aromatic N) is 4. The maximum atomic E-state index is 12.0. The zero-order chi connectivity index (χ0) is 16.9. The third-order valence-electron chi connectivity index (χ3n) is 3.26. The van der Waals surface area contributed by atoms with Crippen molar-refractivity contribution in [1.29, 1.82) is 0 Å². The zero-order valence-corrected chi connectivity index (χ0v) is 13.6. The number of hydrogen-bond donors (Lipinski definition) is 1. The Morgan fingerprint density at radius 2 is 2.12 bits per heavy atom. The Morgan fingerprint density at radius 3 is 2.83 bits per heavy atom. The van der Waals surface area contributed by atoms with Gasteiger partial charge < -0.3 is 10.1 Å². The van der Waals surface area contributed by atoms with E-state index in [0.29, 0.717) is 16.5 Å². The topological polar surface area (TPSA) is 81.9 Å². The van der Waals surface area contributed by atoms with Crippen molar-refractivity contribution in [2.24, 2.45) is 0 Å². The average molecular weight is 344 g/mol. The molecule has 0 unspecified atom stereocenters. The maximum Gasteiger partial charge on any atom is 0.262 e. The van der Waals surface area contributed by atoms with E-state index in [-0.39, 0.29) is 18.4 Å². The molecule has 3 rings (SSSR count). The molecule has 3 aromatic rings. The van der Waals surface area contributed by atoms with E-state index in [4.69, 9.17) is 16.3 Å². The molecule has 0 saturated heterocycles. The standard InChI is InChI=1S/C16H14ClN5O2/c1-11-12(17)4-2-5-13(11)19-15(23)10-24-16-7-6-14(20-21-16)22-9-3-8-18-22/h2-9H,10H2,1H3,(H,19,23). The van der Waals surface area contributed by atoms with Crippen molar-refractivity contribution in [1.82, 2.24) is 20.0 Å². The molecule has 2 heterocycles. The largest absolute Gasteiger partial charge is 0.466 e. The first kappa shape index (κ1) is 15.9. The molecule has 1 N–H and O–H groups in total. The van der Waals surface area contributed by atoms with Gasteiger partial charge in [-0.1, -0.05) is 17.7 Å². The fraction of sp³-hybridized carbons (Fsp3) is 0.125. The zero-order valence-electron chi connectivity index (χ0n) is 12.8. The van der Waals surface area contributed by atoms with Crippen LogP contribution in [0.15, 0.2) is 48.8 Å². The summed E-state index contributed by atoms with van der Waals surface area (Å²) in [5.74, 6) is 0.508. The van der Waals surface area contributed by atoms with E-state index in [1.807, 2.05) is 6.92 Å². The predicted molar refractivity (Wildman–Crippen MR) is 89.5 cm³/mol. The minimum Gasteiger partial charge on any atom is -0.466 e. The van der Waals surface area contributed by atoms with E-state index in [9.17, 15) is 4.79 Å². The molecule has 0 saturated carbocycles. The highest BCUT2D eigenvalue weighted by atomic mass is 35.5. The molecule has 7 nitrogen and oxygen atoms in total. The lowest BCUT2D eigenvalue weighted by Gasteiger charge is -2.10. The minimum absolute atomic E-state index is 0.179. The van der Waals surface area contributed by atoms with Gasteiger partial charge in [-0.05, 0) is 36.8 Å². The fourth-order valence-corrected chi connectivity index (χ4v) is 2.16. The van der Waals surface area contributed by atoms with Crippen molar-refractivity contribution in [2.75, 3.05) is 11.9 Å². The van der Waals surface area contributed by atoms with Crippen LogP contribution in [0, 0.1) is 6.92 Å². The summed E-state index contributed by atoms with van der Waals surface area (Å²) in [6.07, 6.45) is 3.40. The molecule has 0 bridgehead atoms. The number of aromatic nitrogens is 4. The molecule has 0 radical (unpaired) electrons. The van der Waals surface area contributed by atoms with Gasteiger partial charge in [-0.2, -0.15) is 5.10 Å². The second-order valence-corrected chi connectivity index (χ2v) is 5.34. The Morgan fingerprint density at radius 1 is 1.25 bits per heavy atom. The van der Waals surface area contributed by atoms with Crippen LogP contribution < -0.4 is 10.1 Å². The monoisotopic (exact) mass is 343 g/mol. The first-order valence-corrected chi connectivity index (χ1v) is 7.53. The number of carbonyl (C=O) groups excluding carboxylic acids is 1. The third kappa shape index (κ3) is 3.69. The van der Waals surface area contributed by atoms with Gasteiger partial charge in [-0.25, -0.2) is 4.68 Å². The lowest BCUT2D eigenvalue weighted by Crippen LogP contribution is -2.21. The molecule has 0 aliphatic heterocycles. The third-order valence-corrected chi connectivity index (χ3v) is 3.67. The van der Waals surface area contributed by atoms with E-state index in [1.165, 1.54) is 0 Å². The lowest BCUT2D eigenvalue weighted by atomic mass is 10.2. The highest BCUT2D eigenvalue weighted by Crippen LogP contribution is 2.22. The Hall–Kier alpha value is -2.93. The van der Waals surface area contributed by atoms with E-state index < -0.39 is 0 Å². The second-order valence-electron chi connectivity index (χ2n) is 4.93. The molecular weight excluding hydrogens is 330 g/mol. The summed E-state index contributed by atoms with van der Waals surface area (Å²) in [5.41, 5.74) is 1.45. The van der Waals surface area contributed by atoms with Gasteiger partial charge in [0.15, 0.2) is 12.4 Å². The van der Waals surface area contributed by atoms with Gasteiger partial charge in [0.2, 0.25) is 5.88 Å². The van der Waals surface area contributed by atoms with Crippen molar-refractivity contribution in [3.8, 4) is 11.7 Å². The molecule has 0 spiro atoms. The van der Waals surface area contributed by atoms with Crippen molar-refractivity contribution >= 4 is 23.2 Å². The fourth-order valence-electron chi connectivity index (χ4n) is 1.99. The van der Waals surface area contributed by atoms with E-state index >= 15 is 0 Å². The SMILES string of the molecule is Cc1c(Cl)cccc1NC(=O)COc1ccc(-n2cccn2)nn1. The summed E-state index contributed by atoms with van der Waals surface area (Å²) in [5, 5.41) is 15.3. The second kappa shape index (κ2) is 7.10. The van der Waals surface area contributed by atoms with E-state index in [1.54, 1.807) is 53.5 Å². The van der Waals surface area contributed by atoms with Crippen LogP contribution in [0.3, 0.4) is 0 Å². The van der Waals surface area contributed by atoms with Gasteiger partial charge in [0.25, 0.3) is 5.91 Å². The summed E-state index contributed by atoms with van der Waals surface area (Å²) in [7, 11) is 0. The summed E-state index contributed by atoms with van der Waals surface area (Å²) in [6, 6.07) is 10.4. The van der Waals surface area contributed by atoms with Gasteiger partial charge in [0.1, 0.15) is 0 Å². The Labute approximate surface area is 143 Å². The van der Waals surface area contributed by atoms with Crippen LogP contribution in [0.4, 0.5) is 5.69 Å². The smallest absolute Gasteiger partial charge is 0.262 e. The highest BCUT2D eigenvalue weighted by Gasteiger charge is 2.08. The minimum atomic E-state index is -0.307. The van der Waals surface area contributed by atoms with Gasteiger partial charge in [0, 0.05) is 29.2 Å². The molecule has 0 fully saturated rings. The number of amides is 1. The van der Waals surface area contributed by atoms with Gasteiger partial charge in [-0.3, -0.25) is 4.79 Å². The molecule has 1 amide bonds. The summed E-state index contributed by atoms with van der Waals surface area (Å²) < 4.78 is 6.91. The lowest BCUT2D eigenvalue weighted by molar-refractivity contribution is -0.118. The number of anilines is 1. The summed E-state index contributed by atoms with van der Waals surface area (Å²) in [4.78, 5) is 12.0. The van der Waals surface area contributed by atoms with Gasteiger partial charge >= 0.3 is 0 Å². The first-order chi connectivity index (χ1) is 11.6. The highest BCUT2D eigenvalue weighted by molar-refractivity contribution is 6.31.